The highest BCUT2D eigenvalue weighted by Gasteiger charge is 2.12. The van der Waals surface area contributed by atoms with Crippen LogP contribution in [0.4, 0.5) is 0 Å². The zero-order valence-electron chi connectivity index (χ0n) is 24.1. The molecule has 0 aliphatic carbocycles. The third kappa shape index (κ3) is 13.3. The van der Waals surface area contributed by atoms with Gasteiger partial charge in [0.15, 0.2) is 0 Å². The Labute approximate surface area is 231 Å². The van der Waals surface area contributed by atoms with E-state index < -0.39 is 0 Å². The molecule has 1 unspecified atom stereocenters. The van der Waals surface area contributed by atoms with E-state index in [0.29, 0.717) is 17.7 Å². The van der Waals surface area contributed by atoms with Crippen molar-refractivity contribution in [2.24, 2.45) is 0 Å². The van der Waals surface area contributed by atoms with Gasteiger partial charge >= 0.3 is 11.9 Å². The lowest BCUT2D eigenvalue weighted by Crippen LogP contribution is -2.14. The van der Waals surface area contributed by atoms with Gasteiger partial charge in [0.05, 0.1) is 11.7 Å². The Hall–Kier alpha value is -2.62. The molecule has 0 saturated heterocycles. The Bertz CT molecular complexity index is 901. The fraction of sp³-hybridized carbons (Fsp3) is 0.588. The molecule has 0 heterocycles. The first-order valence-corrected chi connectivity index (χ1v) is 15.2. The maximum Gasteiger partial charge on any atom is 0.338 e. The molecule has 0 radical (unpaired) electrons. The van der Waals surface area contributed by atoms with Gasteiger partial charge in [-0.15, -0.1) is 0 Å². The monoisotopic (exact) mass is 522 g/mol. The summed E-state index contributed by atoms with van der Waals surface area (Å²) in [6.07, 6.45) is 19.0. The van der Waals surface area contributed by atoms with Gasteiger partial charge in [-0.2, -0.15) is 0 Å². The fourth-order valence-electron chi connectivity index (χ4n) is 4.70. The maximum absolute atomic E-state index is 12.3. The summed E-state index contributed by atoms with van der Waals surface area (Å²) in [5.74, 6) is 0.114. The first-order valence-electron chi connectivity index (χ1n) is 15.2. The lowest BCUT2D eigenvalue weighted by atomic mass is 10.0. The third-order valence-electron chi connectivity index (χ3n) is 7.03. The van der Waals surface area contributed by atoms with Gasteiger partial charge < -0.3 is 9.47 Å². The lowest BCUT2D eigenvalue weighted by molar-refractivity contribution is -0.134. The molecule has 0 spiro atoms. The number of unbranched alkanes of at least 4 members (excludes halogenated alkanes) is 12. The van der Waals surface area contributed by atoms with Gasteiger partial charge in [-0.05, 0) is 55.2 Å². The van der Waals surface area contributed by atoms with Gasteiger partial charge in [-0.3, -0.25) is 4.79 Å². The smallest absolute Gasteiger partial charge is 0.338 e. The summed E-state index contributed by atoms with van der Waals surface area (Å²) in [7, 11) is 0. The first-order chi connectivity index (χ1) is 18.5. The SMILES string of the molecule is CCCCCCCCCCCCCCCC(=O)Oc1ccc(-c2ccc(C(=O)OC(C)CCC)cc2)cc1. The van der Waals surface area contributed by atoms with Crippen molar-refractivity contribution in [2.75, 3.05) is 0 Å². The highest BCUT2D eigenvalue weighted by molar-refractivity contribution is 5.90. The molecule has 1 atom stereocenters. The number of benzene rings is 2. The van der Waals surface area contributed by atoms with Crippen molar-refractivity contribution in [2.45, 2.75) is 130 Å². The van der Waals surface area contributed by atoms with Gasteiger partial charge in [0.1, 0.15) is 5.75 Å². The molecule has 0 aliphatic rings. The van der Waals surface area contributed by atoms with E-state index in [1.165, 1.54) is 70.6 Å². The van der Waals surface area contributed by atoms with E-state index in [1.807, 2.05) is 43.3 Å². The predicted molar refractivity (Wildman–Crippen MR) is 158 cm³/mol. The van der Waals surface area contributed by atoms with Crippen LogP contribution in [0.15, 0.2) is 48.5 Å². The van der Waals surface area contributed by atoms with Crippen molar-refractivity contribution < 1.29 is 19.1 Å². The number of hydrogen-bond donors (Lipinski definition) is 0. The van der Waals surface area contributed by atoms with Crippen LogP contribution in [0.2, 0.25) is 0 Å². The number of carbonyl (C=O) groups excluding carboxylic acids is 2. The molecule has 0 amide bonds. The second-order valence-electron chi connectivity index (χ2n) is 10.6. The molecule has 0 N–H and O–H groups in total. The zero-order valence-corrected chi connectivity index (χ0v) is 24.1. The van der Waals surface area contributed by atoms with Crippen LogP contribution in [0.1, 0.15) is 134 Å². The van der Waals surface area contributed by atoms with Crippen LogP contribution in [0.25, 0.3) is 11.1 Å². The van der Waals surface area contributed by atoms with Crippen LogP contribution in [0.5, 0.6) is 5.75 Å². The third-order valence-corrected chi connectivity index (χ3v) is 7.03. The summed E-state index contributed by atoms with van der Waals surface area (Å²) in [6.45, 7) is 6.26. The van der Waals surface area contributed by atoms with E-state index in [-0.39, 0.29) is 18.0 Å². The van der Waals surface area contributed by atoms with Crippen molar-refractivity contribution >= 4 is 11.9 Å². The summed E-state index contributed by atoms with van der Waals surface area (Å²) in [6, 6.07) is 14.9. The number of rotatable bonds is 20. The summed E-state index contributed by atoms with van der Waals surface area (Å²) in [5, 5.41) is 0. The lowest BCUT2D eigenvalue weighted by Gasteiger charge is -2.12. The summed E-state index contributed by atoms with van der Waals surface area (Å²) in [4.78, 5) is 24.5. The normalized spacial score (nSPS) is 11.8. The Morgan fingerprint density at radius 3 is 1.61 bits per heavy atom. The highest BCUT2D eigenvalue weighted by atomic mass is 16.5. The maximum atomic E-state index is 12.3. The summed E-state index contributed by atoms with van der Waals surface area (Å²) < 4.78 is 11.0. The minimum absolute atomic E-state index is 0.0769. The molecule has 0 fully saturated rings. The zero-order chi connectivity index (χ0) is 27.4. The van der Waals surface area contributed by atoms with E-state index in [1.54, 1.807) is 12.1 Å². The van der Waals surface area contributed by atoms with Crippen LogP contribution in [0, 0.1) is 0 Å². The number of carbonyl (C=O) groups is 2. The number of hydrogen-bond acceptors (Lipinski definition) is 4. The molecule has 2 aromatic rings. The van der Waals surface area contributed by atoms with Crippen molar-refractivity contribution in [3.8, 4) is 16.9 Å². The van der Waals surface area contributed by atoms with Crippen LogP contribution in [0.3, 0.4) is 0 Å². The van der Waals surface area contributed by atoms with E-state index in [2.05, 4.69) is 13.8 Å². The van der Waals surface area contributed by atoms with E-state index >= 15 is 0 Å². The van der Waals surface area contributed by atoms with Crippen molar-refractivity contribution in [1.29, 1.82) is 0 Å². The fourth-order valence-corrected chi connectivity index (χ4v) is 4.70. The first kappa shape index (κ1) is 31.6. The average molecular weight is 523 g/mol. The molecule has 0 saturated carbocycles. The number of esters is 2. The molecule has 4 nitrogen and oxygen atoms in total. The molecule has 0 bridgehead atoms. The highest BCUT2D eigenvalue weighted by Crippen LogP contribution is 2.24. The average Bonchev–Trinajstić information content (AvgIpc) is 2.92. The van der Waals surface area contributed by atoms with Crippen LogP contribution in [-0.2, 0) is 9.53 Å². The topological polar surface area (TPSA) is 52.6 Å². The van der Waals surface area contributed by atoms with E-state index in [4.69, 9.17) is 9.47 Å². The number of ether oxygens (including phenoxy) is 2. The van der Waals surface area contributed by atoms with Crippen molar-refractivity contribution in [1.82, 2.24) is 0 Å². The molecule has 0 aromatic heterocycles. The van der Waals surface area contributed by atoms with Gasteiger partial charge in [-0.25, -0.2) is 4.79 Å². The van der Waals surface area contributed by atoms with Crippen LogP contribution in [-0.4, -0.2) is 18.0 Å². The molecular weight excluding hydrogens is 472 g/mol. The Kier molecular flexibility index (Phi) is 16.2. The Balaban J connectivity index is 1.59. The molecular formula is C34H50O4. The molecule has 38 heavy (non-hydrogen) atoms. The van der Waals surface area contributed by atoms with Gasteiger partial charge in [0, 0.05) is 6.42 Å². The molecule has 2 aromatic carbocycles. The summed E-state index contributed by atoms with van der Waals surface area (Å²) in [5.41, 5.74) is 2.55. The van der Waals surface area contributed by atoms with Crippen molar-refractivity contribution in [3.63, 3.8) is 0 Å². The van der Waals surface area contributed by atoms with Crippen LogP contribution >= 0.6 is 0 Å². The second kappa shape index (κ2) is 19.4. The molecule has 4 heteroatoms. The van der Waals surface area contributed by atoms with E-state index in [9.17, 15) is 9.59 Å². The minimum atomic E-state index is -0.289. The molecule has 0 aliphatic heterocycles. The van der Waals surface area contributed by atoms with Gasteiger partial charge in [0.25, 0.3) is 0 Å². The van der Waals surface area contributed by atoms with E-state index in [0.717, 1.165) is 36.8 Å². The van der Waals surface area contributed by atoms with Gasteiger partial charge in [-0.1, -0.05) is 122 Å². The minimum Gasteiger partial charge on any atom is -0.459 e. The Morgan fingerprint density at radius 2 is 1.11 bits per heavy atom. The second-order valence-corrected chi connectivity index (χ2v) is 10.6. The van der Waals surface area contributed by atoms with Crippen molar-refractivity contribution in [3.05, 3.63) is 54.1 Å². The predicted octanol–water partition coefficient (Wildman–Crippen LogP) is 10.1. The van der Waals surface area contributed by atoms with Crippen LogP contribution < -0.4 is 4.74 Å². The molecule has 210 valence electrons. The Morgan fingerprint density at radius 1 is 0.632 bits per heavy atom. The molecule has 2 rings (SSSR count). The quantitative estimate of drug-likeness (QED) is 0.0986. The van der Waals surface area contributed by atoms with Gasteiger partial charge in [0.2, 0.25) is 0 Å². The standard InChI is InChI=1S/C34H50O4/c1-4-6-7-8-9-10-11-12-13-14-15-16-17-19-33(35)38-32-26-24-30(25-27-32)29-20-22-31(23-21-29)34(36)37-28(3)18-5-2/h20-28H,4-19H2,1-3H3. The largest absolute Gasteiger partial charge is 0.459 e. The summed E-state index contributed by atoms with van der Waals surface area (Å²) >= 11 is 0.